The first kappa shape index (κ1) is 30.4. The highest BCUT2D eigenvalue weighted by molar-refractivity contribution is 6.36. The lowest BCUT2D eigenvalue weighted by atomic mass is 10.1. The quantitative estimate of drug-likeness (QED) is 0.336. The second-order valence-corrected chi connectivity index (χ2v) is 9.99. The van der Waals surface area contributed by atoms with Gasteiger partial charge < -0.3 is 26.0 Å². The largest absolute Gasteiger partial charge is 0.482 e. The van der Waals surface area contributed by atoms with Crippen LogP contribution in [0.4, 0.5) is 15.9 Å². The van der Waals surface area contributed by atoms with E-state index in [1.54, 1.807) is 31.2 Å². The Kier molecular flexibility index (Phi) is 9.95. The predicted octanol–water partition coefficient (Wildman–Crippen LogP) is 5.14. The Morgan fingerprint density at radius 1 is 1.13 bits per heavy atom. The number of carbonyl (C=O) groups excluding carboxylic acids is 2. The number of carbonyl (C=O) groups is 2. The molecule has 13 heteroatoms. The monoisotopic (exact) mass is 596 g/mol. The second kappa shape index (κ2) is 12.8. The molecule has 9 nitrogen and oxygen atoms in total. The minimum atomic E-state index is -0.806. The Bertz CT molecular complexity index is 1350. The molecule has 1 fully saturated rings. The van der Waals surface area contributed by atoms with Gasteiger partial charge >= 0.3 is 0 Å². The molecule has 2 aromatic carbocycles. The van der Waals surface area contributed by atoms with Crippen LogP contribution in [0.5, 0.6) is 5.75 Å². The van der Waals surface area contributed by atoms with E-state index in [4.69, 9.17) is 33.7 Å². The van der Waals surface area contributed by atoms with Gasteiger partial charge in [-0.3, -0.25) is 9.59 Å². The lowest BCUT2D eigenvalue weighted by molar-refractivity contribution is 0.0673. The molecule has 1 saturated heterocycles. The fraction of sp³-hybridized carbons (Fsp3) is 0.308. The molecule has 4 rings (SSSR count). The summed E-state index contributed by atoms with van der Waals surface area (Å²) in [5, 5.41) is 13.8. The van der Waals surface area contributed by atoms with Gasteiger partial charge in [0, 0.05) is 53.1 Å². The maximum Gasteiger partial charge on any atom is 0.276 e. The summed E-state index contributed by atoms with van der Waals surface area (Å²) in [6, 6.07) is 10.9. The van der Waals surface area contributed by atoms with Gasteiger partial charge in [-0.1, -0.05) is 23.2 Å². The van der Waals surface area contributed by atoms with Gasteiger partial charge in [0.25, 0.3) is 11.8 Å². The number of halogens is 4. The number of ether oxygens (including phenoxy) is 1. The number of rotatable bonds is 6. The number of anilines is 2. The van der Waals surface area contributed by atoms with Gasteiger partial charge in [0.1, 0.15) is 11.9 Å². The smallest absolute Gasteiger partial charge is 0.276 e. The molecule has 39 heavy (non-hydrogen) atoms. The molecule has 0 spiro atoms. The molecule has 2 amide bonds. The van der Waals surface area contributed by atoms with Crippen molar-refractivity contribution in [3.8, 4) is 5.75 Å². The number of nitrogen functional groups attached to an aromatic ring is 1. The highest BCUT2D eigenvalue weighted by atomic mass is 35.5. The molecule has 3 atom stereocenters. The second-order valence-electron chi connectivity index (χ2n) is 9.21. The minimum Gasteiger partial charge on any atom is -0.482 e. The number of nitrogens with two attached hydrogens (primary N) is 1. The Morgan fingerprint density at radius 2 is 1.77 bits per heavy atom. The lowest BCUT2D eigenvalue weighted by Crippen LogP contribution is -2.55. The van der Waals surface area contributed by atoms with E-state index in [0.717, 1.165) is 6.07 Å². The van der Waals surface area contributed by atoms with E-state index in [1.807, 2.05) is 18.7 Å². The standard InChI is InChI=1S/C26H27Cl2FN6O3.ClH/c1-13-11-35(12-14(2)31-13)26(37)16-4-6-17(7-5-16)32-25(36)20-10-21(24(30)34-33-20)38-15(3)22-18(27)8-9-19(29)23(22)28;/h4-10,13-15,31H,11-12H2,1-3H3,(H2,30,34)(H,32,36);1H/t13-,14+,15-;/m1./s1. The van der Waals surface area contributed by atoms with Gasteiger partial charge in [-0.15, -0.1) is 22.6 Å². The van der Waals surface area contributed by atoms with Crippen LogP contribution in [0.3, 0.4) is 0 Å². The number of benzene rings is 2. The first-order chi connectivity index (χ1) is 18.0. The van der Waals surface area contributed by atoms with Crippen molar-refractivity contribution >= 4 is 58.9 Å². The van der Waals surface area contributed by atoms with E-state index in [-0.39, 0.29) is 63.3 Å². The van der Waals surface area contributed by atoms with Crippen LogP contribution in [0.25, 0.3) is 0 Å². The van der Waals surface area contributed by atoms with E-state index in [9.17, 15) is 14.0 Å². The summed E-state index contributed by atoms with van der Waals surface area (Å²) in [7, 11) is 0. The number of nitrogens with zero attached hydrogens (tertiary/aromatic N) is 3. The normalized spacial score (nSPS) is 17.6. The zero-order chi connectivity index (χ0) is 27.6. The summed E-state index contributed by atoms with van der Waals surface area (Å²) >= 11 is 12.3. The minimum absolute atomic E-state index is 0. The van der Waals surface area contributed by atoms with Gasteiger partial charge in [-0.2, -0.15) is 0 Å². The molecule has 0 bridgehead atoms. The van der Waals surface area contributed by atoms with Gasteiger partial charge in [0.15, 0.2) is 17.3 Å². The van der Waals surface area contributed by atoms with Crippen molar-refractivity contribution in [2.24, 2.45) is 0 Å². The number of aromatic nitrogens is 2. The molecule has 3 aromatic rings. The summed E-state index contributed by atoms with van der Waals surface area (Å²) in [5.41, 5.74) is 7.04. The number of piperazine rings is 1. The van der Waals surface area contributed by atoms with Crippen molar-refractivity contribution in [2.75, 3.05) is 24.1 Å². The molecule has 2 heterocycles. The van der Waals surface area contributed by atoms with Crippen LogP contribution in [0.15, 0.2) is 42.5 Å². The summed E-state index contributed by atoms with van der Waals surface area (Å²) in [5.74, 6) is -1.30. The topological polar surface area (TPSA) is 122 Å². The lowest BCUT2D eigenvalue weighted by Gasteiger charge is -2.36. The van der Waals surface area contributed by atoms with Gasteiger partial charge in [-0.25, -0.2) is 4.39 Å². The average Bonchev–Trinajstić information content (AvgIpc) is 2.87. The molecule has 208 valence electrons. The van der Waals surface area contributed by atoms with Gasteiger partial charge in [0.05, 0.1) is 5.02 Å². The maximum atomic E-state index is 13.9. The molecule has 1 aliphatic heterocycles. The summed E-state index contributed by atoms with van der Waals surface area (Å²) in [6.07, 6.45) is -0.806. The highest BCUT2D eigenvalue weighted by Gasteiger charge is 2.26. The van der Waals surface area contributed by atoms with E-state index >= 15 is 0 Å². The Hall–Kier alpha value is -3.18. The van der Waals surface area contributed by atoms with Crippen molar-refractivity contribution < 1.29 is 18.7 Å². The summed E-state index contributed by atoms with van der Waals surface area (Å²) in [6.45, 7) is 6.93. The molecule has 4 N–H and O–H groups in total. The van der Waals surface area contributed by atoms with Crippen molar-refractivity contribution in [1.29, 1.82) is 0 Å². The highest BCUT2D eigenvalue weighted by Crippen LogP contribution is 2.35. The summed E-state index contributed by atoms with van der Waals surface area (Å²) in [4.78, 5) is 27.6. The van der Waals surface area contributed by atoms with Crippen LogP contribution < -0.4 is 21.1 Å². The molecule has 1 aromatic heterocycles. The SMILES string of the molecule is C[C@@H]1CN(C(=O)c2ccc(NC(=O)c3cc(O[C@H](C)c4c(Cl)ccc(F)c4Cl)c(N)nn3)cc2)C[C@H](C)N1.Cl. The Balaban J connectivity index is 0.00000420. The third-order valence-corrected chi connectivity index (χ3v) is 6.76. The molecule has 0 unspecified atom stereocenters. The zero-order valence-corrected chi connectivity index (χ0v) is 23.7. The third-order valence-electron chi connectivity index (χ3n) is 6.04. The molecule has 0 radical (unpaired) electrons. The first-order valence-electron chi connectivity index (χ1n) is 11.9. The Labute approximate surface area is 241 Å². The summed E-state index contributed by atoms with van der Waals surface area (Å²) < 4.78 is 19.8. The van der Waals surface area contributed by atoms with Gasteiger partial charge in [-0.05, 0) is 57.2 Å². The van der Waals surface area contributed by atoms with E-state index in [2.05, 4.69) is 20.8 Å². The number of hydrogen-bond donors (Lipinski definition) is 3. The number of amides is 2. The first-order valence-corrected chi connectivity index (χ1v) is 12.7. The van der Waals surface area contributed by atoms with Gasteiger partial charge in [0.2, 0.25) is 0 Å². The van der Waals surface area contributed by atoms with Crippen molar-refractivity contribution in [2.45, 2.75) is 39.0 Å². The van der Waals surface area contributed by atoms with Crippen molar-refractivity contribution in [3.63, 3.8) is 0 Å². The van der Waals surface area contributed by atoms with Crippen LogP contribution in [-0.4, -0.2) is 52.1 Å². The predicted molar refractivity (Wildman–Crippen MR) is 152 cm³/mol. The molecular formula is C26H28Cl3FN6O3. The fourth-order valence-electron chi connectivity index (χ4n) is 4.32. The van der Waals surface area contributed by atoms with Crippen molar-refractivity contribution in [1.82, 2.24) is 20.4 Å². The van der Waals surface area contributed by atoms with Crippen LogP contribution in [0, 0.1) is 5.82 Å². The number of nitrogens with one attached hydrogen (secondary N) is 2. The Morgan fingerprint density at radius 3 is 2.41 bits per heavy atom. The van der Waals surface area contributed by atoms with Crippen LogP contribution in [0.2, 0.25) is 10.0 Å². The molecule has 1 aliphatic rings. The van der Waals surface area contributed by atoms with E-state index < -0.39 is 17.8 Å². The molecule has 0 aliphatic carbocycles. The average molecular weight is 598 g/mol. The maximum absolute atomic E-state index is 13.9. The zero-order valence-electron chi connectivity index (χ0n) is 21.4. The number of hydrogen-bond acceptors (Lipinski definition) is 7. The molecular weight excluding hydrogens is 570 g/mol. The van der Waals surface area contributed by atoms with E-state index in [0.29, 0.717) is 24.3 Å². The van der Waals surface area contributed by atoms with E-state index in [1.165, 1.54) is 12.1 Å². The van der Waals surface area contributed by atoms with Crippen LogP contribution in [0.1, 0.15) is 53.3 Å². The van der Waals surface area contributed by atoms with Crippen LogP contribution >= 0.6 is 35.6 Å². The van der Waals surface area contributed by atoms with Crippen LogP contribution in [-0.2, 0) is 0 Å². The molecule has 0 saturated carbocycles. The fourth-order valence-corrected chi connectivity index (χ4v) is 5.00. The third kappa shape index (κ3) is 7.07. The van der Waals surface area contributed by atoms with Crippen molar-refractivity contribution in [3.05, 3.63) is 75.1 Å².